The van der Waals surface area contributed by atoms with Gasteiger partial charge in [0.1, 0.15) is 11.6 Å². The second-order valence-electron chi connectivity index (χ2n) is 7.67. The summed E-state index contributed by atoms with van der Waals surface area (Å²) in [7, 11) is -2.47. The van der Waals surface area contributed by atoms with Gasteiger partial charge in [-0.25, -0.2) is 13.4 Å². The van der Waals surface area contributed by atoms with E-state index in [9.17, 15) is 13.2 Å². The maximum atomic E-state index is 13.1. The quantitative estimate of drug-likeness (QED) is 0.441. The van der Waals surface area contributed by atoms with E-state index >= 15 is 0 Å². The molecule has 0 aliphatic rings. The van der Waals surface area contributed by atoms with Crippen molar-refractivity contribution < 1.29 is 13.2 Å². The van der Waals surface area contributed by atoms with Crippen LogP contribution in [0.5, 0.6) is 5.75 Å². The lowest BCUT2D eigenvalue weighted by atomic mass is 10.2. The Balaban J connectivity index is 1.78. The molecule has 170 valence electrons. The van der Waals surface area contributed by atoms with Crippen LogP contribution in [0.25, 0.3) is 16.6 Å². The van der Waals surface area contributed by atoms with E-state index in [0.29, 0.717) is 38.6 Å². The lowest BCUT2D eigenvalue weighted by molar-refractivity contribution is 0.416. The van der Waals surface area contributed by atoms with Crippen LogP contribution in [-0.2, 0) is 10.0 Å². The van der Waals surface area contributed by atoms with Crippen LogP contribution < -0.4 is 15.0 Å². The maximum Gasteiger partial charge on any atom is 0.265 e. The molecule has 0 unspecified atom stereocenters. The largest absolute Gasteiger partial charge is 0.494 e. The minimum Gasteiger partial charge on any atom is -0.494 e. The van der Waals surface area contributed by atoms with Crippen LogP contribution in [-0.4, -0.2) is 25.1 Å². The number of sulfonamides is 1. The standard InChI is InChI=1S/C24H22ClN3O4S/c1-14-12-23(15(2)11-19(14)25)33(30,31)27-21-10-9-17(13-22(21)32-4)28-16(3)26-20-8-6-5-7-18(20)24(28)29/h5-13,27H,1-4H3. The molecule has 0 radical (unpaired) electrons. The van der Waals surface area contributed by atoms with Gasteiger partial charge >= 0.3 is 0 Å². The molecule has 0 aliphatic heterocycles. The van der Waals surface area contributed by atoms with Gasteiger partial charge in [-0.15, -0.1) is 0 Å². The van der Waals surface area contributed by atoms with E-state index in [1.807, 2.05) is 6.07 Å². The summed E-state index contributed by atoms with van der Waals surface area (Å²) < 4.78 is 35.7. The number of hydrogen-bond acceptors (Lipinski definition) is 5. The Labute approximate surface area is 196 Å². The number of ether oxygens (including phenoxy) is 1. The highest BCUT2D eigenvalue weighted by atomic mass is 35.5. The Morgan fingerprint density at radius 1 is 1.00 bits per heavy atom. The number of halogens is 1. The summed E-state index contributed by atoms with van der Waals surface area (Å²) in [5.41, 5.74) is 2.32. The number of fused-ring (bicyclic) bond motifs is 1. The zero-order valence-electron chi connectivity index (χ0n) is 18.5. The molecule has 3 aromatic carbocycles. The summed E-state index contributed by atoms with van der Waals surface area (Å²) in [5.74, 6) is 0.764. The fourth-order valence-corrected chi connectivity index (χ4v) is 5.30. The van der Waals surface area contributed by atoms with Crippen molar-refractivity contribution in [2.45, 2.75) is 25.7 Å². The zero-order chi connectivity index (χ0) is 23.9. The van der Waals surface area contributed by atoms with Crippen molar-refractivity contribution >= 4 is 38.2 Å². The topological polar surface area (TPSA) is 90.3 Å². The van der Waals surface area contributed by atoms with E-state index in [-0.39, 0.29) is 21.9 Å². The third-order valence-electron chi connectivity index (χ3n) is 5.38. The van der Waals surface area contributed by atoms with Crippen molar-refractivity contribution in [1.82, 2.24) is 9.55 Å². The van der Waals surface area contributed by atoms with Gasteiger partial charge < -0.3 is 4.74 Å². The van der Waals surface area contributed by atoms with Crippen molar-refractivity contribution in [3.63, 3.8) is 0 Å². The highest BCUT2D eigenvalue weighted by Gasteiger charge is 2.21. The molecule has 1 aromatic heterocycles. The first-order valence-corrected chi connectivity index (χ1v) is 11.9. The number of aryl methyl sites for hydroxylation is 3. The first kappa shape index (κ1) is 22.8. The molecule has 33 heavy (non-hydrogen) atoms. The van der Waals surface area contributed by atoms with Gasteiger partial charge in [-0.2, -0.15) is 0 Å². The van der Waals surface area contributed by atoms with Crippen LogP contribution in [0.15, 0.2) is 64.3 Å². The van der Waals surface area contributed by atoms with E-state index in [4.69, 9.17) is 16.3 Å². The molecule has 0 aliphatic carbocycles. The number of methoxy groups -OCH3 is 1. The van der Waals surface area contributed by atoms with Gasteiger partial charge in [-0.05, 0) is 68.3 Å². The van der Waals surface area contributed by atoms with Gasteiger partial charge in [-0.1, -0.05) is 23.7 Å². The molecule has 0 spiro atoms. The molecule has 4 rings (SSSR count). The van der Waals surface area contributed by atoms with Gasteiger partial charge in [0.15, 0.2) is 0 Å². The van der Waals surface area contributed by atoms with Crippen molar-refractivity contribution in [1.29, 1.82) is 0 Å². The van der Waals surface area contributed by atoms with E-state index in [0.717, 1.165) is 0 Å². The molecule has 9 heteroatoms. The van der Waals surface area contributed by atoms with Gasteiger partial charge in [0.25, 0.3) is 15.6 Å². The lowest BCUT2D eigenvalue weighted by Crippen LogP contribution is -2.22. The van der Waals surface area contributed by atoms with Gasteiger partial charge in [0.05, 0.1) is 34.3 Å². The van der Waals surface area contributed by atoms with Crippen LogP contribution in [0.4, 0.5) is 5.69 Å². The Bertz CT molecular complexity index is 1560. The Morgan fingerprint density at radius 3 is 2.45 bits per heavy atom. The molecule has 0 bridgehead atoms. The van der Waals surface area contributed by atoms with Crippen molar-refractivity contribution in [3.05, 3.63) is 86.9 Å². The SMILES string of the molecule is COc1cc(-n2c(C)nc3ccccc3c2=O)ccc1NS(=O)(=O)c1cc(C)c(Cl)cc1C. The predicted molar refractivity (Wildman–Crippen MR) is 130 cm³/mol. The molecule has 0 amide bonds. The van der Waals surface area contributed by atoms with Crippen LogP contribution in [0, 0.1) is 20.8 Å². The second kappa shape index (κ2) is 8.53. The van der Waals surface area contributed by atoms with Gasteiger partial charge in [-0.3, -0.25) is 14.1 Å². The molecule has 0 fully saturated rings. The third kappa shape index (κ3) is 4.19. The van der Waals surface area contributed by atoms with E-state index in [2.05, 4.69) is 9.71 Å². The molecule has 7 nitrogen and oxygen atoms in total. The van der Waals surface area contributed by atoms with E-state index < -0.39 is 10.0 Å². The van der Waals surface area contributed by atoms with E-state index in [1.165, 1.54) is 17.7 Å². The number of para-hydroxylation sites is 1. The second-order valence-corrected chi connectivity index (χ2v) is 9.73. The maximum absolute atomic E-state index is 13.1. The average Bonchev–Trinajstić information content (AvgIpc) is 2.76. The Hall–Kier alpha value is -3.36. The molecular weight excluding hydrogens is 462 g/mol. The van der Waals surface area contributed by atoms with Gasteiger partial charge in [0, 0.05) is 11.1 Å². The molecule has 1 N–H and O–H groups in total. The fourth-order valence-electron chi connectivity index (χ4n) is 3.69. The first-order chi connectivity index (χ1) is 15.6. The monoisotopic (exact) mass is 483 g/mol. The summed E-state index contributed by atoms with van der Waals surface area (Å²) in [6.07, 6.45) is 0. The smallest absolute Gasteiger partial charge is 0.265 e. The number of benzene rings is 3. The molecule has 4 aromatic rings. The number of nitrogens with one attached hydrogen (secondary N) is 1. The van der Waals surface area contributed by atoms with Crippen LogP contribution >= 0.6 is 11.6 Å². The van der Waals surface area contributed by atoms with Crippen molar-refractivity contribution in [2.24, 2.45) is 0 Å². The Kier molecular flexibility index (Phi) is 5.90. The minimum absolute atomic E-state index is 0.126. The van der Waals surface area contributed by atoms with Gasteiger partial charge in [0.2, 0.25) is 0 Å². The highest BCUT2D eigenvalue weighted by Crippen LogP contribution is 2.31. The summed E-state index contributed by atoms with van der Waals surface area (Å²) in [6, 6.07) is 15.1. The molecular formula is C24H22ClN3O4S. The summed E-state index contributed by atoms with van der Waals surface area (Å²) in [6.45, 7) is 5.17. The zero-order valence-corrected chi connectivity index (χ0v) is 20.1. The molecule has 0 saturated carbocycles. The number of rotatable bonds is 5. The van der Waals surface area contributed by atoms with Crippen LogP contribution in [0.2, 0.25) is 5.02 Å². The normalized spacial score (nSPS) is 11.5. The Morgan fingerprint density at radius 2 is 1.73 bits per heavy atom. The highest BCUT2D eigenvalue weighted by molar-refractivity contribution is 7.92. The molecule has 1 heterocycles. The summed E-state index contributed by atoms with van der Waals surface area (Å²) >= 11 is 6.11. The lowest BCUT2D eigenvalue weighted by Gasteiger charge is -2.16. The number of aromatic nitrogens is 2. The van der Waals surface area contributed by atoms with E-state index in [1.54, 1.807) is 63.2 Å². The molecule has 0 saturated heterocycles. The molecule has 0 atom stereocenters. The van der Waals surface area contributed by atoms with Crippen LogP contribution in [0.1, 0.15) is 17.0 Å². The number of nitrogens with zero attached hydrogens (tertiary/aromatic N) is 2. The summed E-state index contributed by atoms with van der Waals surface area (Å²) in [4.78, 5) is 17.7. The average molecular weight is 484 g/mol. The van der Waals surface area contributed by atoms with Crippen LogP contribution in [0.3, 0.4) is 0 Å². The number of anilines is 1. The predicted octanol–water partition coefficient (Wildman–Crippen LogP) is 4.77. The first-order valence-electron chi connectivity index (χ1n) is 10.1. The third-order valence-corrected chi connectivity index (χ3v) is 7.29. The fraction of sp³-hybridized carbons (Fsp3) is 0.167. The number of hydrogen-bond donors (Lipinski definition) is 1. The van der Waals surface area contributed by atoms with Crippen molar-refractivity contribution in [3.8, 4) is 11.4 Å². The summed E-state index contributed by atoms with van der Waals surface area (Å²) in [5, 5.41) is 0.985. The minimum atomic E-state index is -3.91. The van der Waals surface area contributed by atoms with Crippen molar-refractivity contribution in [2.75, 3.05) is 11.8 Å².